The van der Waals surface area contributed by atoms with Crippen molar-refractivity contribution in [3.05, 3.63) is 71.9 Å². The van der Waals surface area contributed by atoms with Gasteiger partial charge in [0, 0.05) is 48.3 Å². The zero-order valence-corrected chi connectivity index (χ0v) is 15.9. The lowest BCUT2D eigenvalue weighted by molar-refractivity contribution is 0.0612. The molecule has 1 aliphatic heterocycles. The second kappa shape index (κ2) is 7.97. The Hall–Kier alpha value is -2.59. The van der Waals surface area contributed by atoms with Gasteiger partial charge in [0.15, 0.2) is 0 Å². The molecule has 3 aromatic rings. The van der Waals surface area contributed by atoms with Crippen LogP contribution in [0.2, 0.25) is 0 Å². The minimum Gasteiger partial charge on any atom is -0.361 e. The average Bonchev–Trinajstić information content (AvgIpc) is 3.20. The van der Waals surface area contributed by atoms with Gasteiger partial charge in [0.05, 0.1) is 0 Å². The van der Waals surface area contributed by atoms with Crippen molar-refractivity contribution in [3.8, 4) is 0 Å². The molecular formula is C23H27N3O. The summed E-state index contributed by atoms with van der Waals surface area (Å²) in [5, 5.41) is 1.09. The maximum absolute atomic E-state index is 13.0. The molecule has 0 radical (unpaired) electrons. The van der Waals surface area contributed by atoms with Gasteiger partial charge in [0.2, 0.25) is 0 Å². The Balaban J connectivity index is 1.38. The van der Waals surface area contributed by atoms with Crippen molar-refractivity contribution in [2.45, 2.75) is 25.3 Å². The number of piperidine rings is 1. The number of fused-ring (bicyclic) bond motifs is 1. The van der Waals surface area contributed by atoms with E-state index in [2.05, 4.69) is 47.3 Å². The summed E-state index contributed by atoms with van der Waals surface area (Å²) in [6.45, 7) is 2.69. The smallest absolute Gasteiger partial charge is 0.253 e. The molecule has 0 spiro atoms. The molecule has 4 rings (SSSR count). The summed E-state index contributed by atoms with van der Waals surface area (Å²) >= 11 is 0. The molecule has 1 atom stereocenters. The van der Waals surface area contributed by atoms with E-state index in [0.29, 0.717) is 6.04 Å². The van der Waals surface area contributed by atoms with Crippen molar-refractivity contribution in [2.75, 3.05) is 26.7 Å². The predicted molar refractivity (Wildman–Crippen MR) is 110 cm³/mol. The molecule has 1 N–H and O–H groups in total. The van der Waals surface area contributed by atoms with E-state index in [0.717, 1.165) is 55.4 Å². The van der Waals surface area contributed by atoms with Crippen LogP contribution in [0, 0.1) is 0 Å². The summed E-state index contributed by atoms with van der Waals surface area (Å²) in [5.74, 6) is 0.152. The number of carbonyl (C=O) groups is 1. The molecule has 0 unspecified atom stereocenters. The summed E-state index contributed by atoms with van der Waals surface area (Å²) in [5.41, 5.74) is 3.23. The first kappa shape index (κ1) is 17.8. The third kappa shape index (κ3) is 4.06. The fourth-order valence-electron chi connectivity index (χ4n) is 4.00. The van der Waals surface area contributed by atoms with E-state index < -0.39 is 0 Å². The van der Waals surface area contributed by atoms with E-state index in [-0.39, 0.29) is 5.91 Å². The standard InChI is InChI=1S/C23H27N3O/c1-25(15-12-18-6-3-2-4-7-18)21-8-5-14-26(17-21)23(27)20-9-10-22-19(16-20)11-13-24-22/h2-4,6-7,9-11,13,16,21,24H,5,8,12,14-15,17H2,1H3/t21-/m1/s1. The molecule has 2 heterocycles. The molecule has 0 bridgehead atoms. The van der Waals surface area contributed by atoms with E-state index in [1.807, 2.05) is 35.4 Å². The van der Waals surface area contributed by atoms with Crippen LogP contribution in [0.5, 0.6) is 0 Å². The van der Waals surface area contributed by atoms with Gasteiger partial charge in [0.1, 0.15) is 0 Å². The van der Waals surface area contributed by atoms with Crippen molar-refractivity contribution in [1.29, 1.82) is 0 Å². The highest BCUT2D eigenvalue weighted by molar-refractivity contribution is 5.98. The van der Waals surface area contributed by atoms with E-state index in [4.69, 9.17) is 0 Å². The Bertz CT molecular complexity index is 902. The largest absolute Gasteiger partial charge is 0.361 e. The fourth-order valence-corrected chi connectivity index (χ4v) is 4.00. The number of amides is 1. The second-order valence-corrected chi connectivity index (χ2v) is 7.54. The topological polar surface area (TPSA) is 39.3 Å². The SMILES string of the molecule is CN(CCc1ccccc1)[C@@H]1CCCN(C(=O)c2ccc3[nH]ccc3c2)C1. The third-order valence-corrected chi connectivity index (χ3v) is 5.70. The van der Waals surface area contributed by atoms with Crippen molar-refractivity contribution in [2.24, 2.45) is 0 Å². The van der Waals surface area contributed by atoms with Gasteiger partial charge in [-0.3, -0.25) is 4.79 Å². The van der Waals surface area contributed by atoms with Gasteiger partial charge in [-0.15, -0.1) is 0 Å². The molecule has 1 amide bonds. The quantitative estimate of drug-likeness (QED) is 0.747. The number of hydrogen-bond acceptors (Lipinski definition) is 2. The number of benzene rings is 2. The number of carbonyl (C=O) groups excluding carboxylic acids is 1. The first-order valence-electron chi connectivity index (χ1n) is 9.81. The van der Waals surface area contributed by atoms with Crippen molar-refractivity contribution in [1.82, 2.24) is 14.8 Å². The third-order valence-electron chi connectivity index (χ3n) is 5.70. The predicted octanol–water partition coefficient (Wildman–Crippen LogP) is 3.95. The van der Waals surface area contributed by atoms with Crippen LogP contribution < -0.4 is 0 Å². The van der Waals surface area contributed by atoms with Crippen LogP contribution in [-0.2, 0) is 6.42 Å². The van der Waals surface area contributed by atoms with E-state index in [9.17, 15) is 4.79 Å². The monoisotopic (exact) mass is 361 g/mol. The van der Waals surface area contributed by atoms with Crippen LogP contribution in [0.25, 0.3) is 10.9 Å². The molecule has 27 heavy (non-hydrogen) atoms. The number of aromatic nitrogens is 1. The minimum atomic E-state index is 0.152. The number of hydrogen-bond donors (Lipinski definition) is 1. The van der Waals surface area contributed by atoms with E-state index in [1.54, 1.807) is 0 Å². The van der Waals surface area contributed by atoms with Crippen LogP contribution in [0.4, 0.5) is 0 Å². The molecule has 1 aliphatic rings. The van der Waals surface area contributed by atoms with Gasteiger partial charge in [-0.2, -0.15) is 0 Å². The first-order chi connectivity index (χ1) is 13.2. The summed E-state index contributed by atoms with van der Waals surface area (Å²) in [4.78, 5) is 20.6. The number of nitrogens with zero attached hydrogens (tertiary/aromatic N) is 2. The number of H-pyrrole nitrogens is 1. The first-order valence-corrected chi connectivity index (χ1v) is 9.81. The van der Waals surface area contributed by atoms with Gasteiger partial charge in [-0.1, -0.05) is 30.3 Å². The van der Waals surface area contributed by atoms with Crippen LogP contribution in [0.3, 0.4) is 0 Å². The number of likely N-dealkylation sites (N-methyl/N-ethyl adjacent to an activating group) is 1. The van der Waals surface area contributed by atoms with Crippen LogP contribution in [0.15, 0.2) is 60.8 Å². The van der Waals surface area contributed by atoms with E-state index in [1.165, 1.54) is 5.56 Å². The maximum atomic E-state index is 13.0. The number of nitrogens with one attached hydrogen (secondary N) is 1. The van der Waals surface area contributed by atoms with Crippen LogP contribution in [0.1, 0.15) is 28.8 Å². The molecule has 0 saturated carbocycles. The molecule has 0 aliphatic carbocycles. The van der Waals surface area contributed by atoms with Gasteiger partial charge < -0.3 is 14.8 Å². The molecule has 4 heteroatoms. The van der Waals surface area contributed by atoms with Crippen LogP contribution in [-0.4, -0.2) is 53.4 Å². The molecular weight excluding hydrogens is 334 g/mol. The molecule has 2 aromatic carbocycles. The number of rotatable bonds is 5. The summed E-state index contributed by atoms with van der Waals surface area (Å²) in [6.07, 6.45) is 5.19. The lowest BCUT2D eigenvalue weighted by Crippen LogP contribution is -2.49. The minimum absolute atomic E-state index is 0.152. The summed E-state index contributed by atoms with van der Waals surface area (Å²) in [7, 11) is 2.19. The molecule has 140 valence electrons. The second-order valence-electron chi connectivity index (χ2n) is 7.54. The zero-order valence-electron chi connectivity index (χ0n) is 15.9. The van der Waals surface area contributed by atoms with Gasteiger partial charge >= 0.3 is 0 Å². The number of aromatic amines is 1. The van der Waals surface area contributed by atoms with Crippen LogP contribution >= 0.6 is 0 Å². The summed E-state index contributed by atoms with van der Waals surface area (Å²) in [6, 6.07) is 19.0. The molecule has 1 aromatic heterocycles. The molecule has 4 nitrogen and oxygen atoms in total. The molecule has 1 saturated heterocycles. The maximum Gasteiger partial charge on any atom is 0.253 e. The lowest BCUT2D eigenvalue weighted by Gasteiger charge is -2.37. The Morgan fingerprint density at radius 3 is 2.89 bits per heavy atom. The van der Waals surface area contributed by atoms with Gasteiger partial charge in [-0.05, 0) is 56.1 Å². The normalized spacial score (nSPS) is 17.6. The van der Waals surface area contributed by atoms with E-state index >= 15 is 0 Å². The van der Waals surface area contributed by atoms with Gasteiger partial charge in [-0.25, -0.2) is 0 Å². The Kier molecular flexibility index (Phi) is 5.26. The van der Waals surface area contributed by atoms with Crippen molar-refractivity contribution < 1.29 is 4.79 Å². The highest BCUT2D eigenvalue weighted by Gasteiger charge is 2.26. The summed E-state index contributed by atoms with van der Waals surface area (Å²) < 4.78 is 0. The number of likely N-dealkylation sites (tertiary alicyclic amines) is 1. The fraction of sp³-hybridized carbons (Fsp3) is 0.348. The lowest BCUT2D eigenvalue weighted by atomic mass is 10.0. The van der Waals surface area contributed by atoms with Crippen molar-refractivity contribution >= 4 is 16.8 Å². The van der Waals surface area contributed by atoms with Gasteiger partial charge in [0.25, 0.3) is 5.91 Å². The Labute approximate surface area is 160 Å². The highest BCUT2D eigenvalue weighted by Crippen LogP contribution is 2.20. The average molecular weight is 361 g/mol. The highest BCUT2D eigenvalue weighted by atomic mass is 16.2. The Morgan fingerprint density at radius 2 is 2.04 bits per heavy atom. The zero-order chi connectivity index (χ0) is 18.6. The Morgan fingerprint density at radius 1 is 1.19 bits per heavy atom. The molecule has 1 fully saturated rings. The van der Waals surface area contributed by atoms with Crippen molar-refractivity contribution in [3.63, 3.8) is 0 Å².